The number of halogens is 1. The van der Waals surface area contributed by atoms with Crippen molar-refractivity contribution in [2.45, 2.75) is 5.03 Å². The quantitative estimate of drug-likeness (QED) is 0.622. The van der Waals surface area contributed by atoms with E-state index in [9.17, 15) is 4.79 Å². The van der Waals surface area contributed by atoms with Gasteiger partial charge >= 0.3 is 5.97 Å². The Balaban J connectivity index is 2.64. The molecule has 1 aromatic rings. The Morgan fingerprint density at radius 3 is 3.08 bits per heavy atom. The van der Waals surface area contributed by atoms with Gasteiger partial charge < -0.3 is 5.11 Å². The molecule has 5 heteroatoms. The molecule has 1 rings (SSSR count). The van der Waals surface area contributed by atoms with Gasteiger partial charge in [-0.2, -0.15) is 0 Å². The van der Waals surface area contributed by atoms with E-state index in [4.69, 9.17) is 16.7 Å². The zero-order valence-corrected chi connectivity index (χ0v) is 8.05. The summed E-state index contributed by atoms with van der Waals surface area (Å²) < 4.78 is 0. The second-order valence-electron chi connectivity index (χ2n) is 2.05. The summed E-state index contributed by atoms with van der Waals surface area (Å²) in [4.78, 5) is 14.1. The van der Waals surface area contributed by atoms with E-state index in [2.05, 4.69) is 4.98 Å². The second-order valence-corrected chi connectivity index (χ2v) is 3.35. The van der Waals surface area contributed by atoms with Gasteiger partial charge in [-0.25, -0.2) is 9.78 Å². The number of carboxylic acid groups (broad SMARTS) is 1. The maximum Gasteiger partial charge on any atom is 0.328 e. The van der Waals surface area contributed by atoms with Gasteiger partial charge in [0, 0.05) is 12.3 Å². The van der Waals surface area contributed by atoms with Gasteiger partial charge in [-0.15, -0.1) is 0 Å². The number of nitrogens with zero attached hydrogens (tertiary/aromatic N) is 1. The van der Waals surface area contributed by atoms with Crippen LogP contribution in [0.5, 0.6) is 0 Å². The zero-order valence-electron chi connectivity index (χ0n) is 6.48. The highest BCUT2D eigenvalue weighted by atomic mass is 35.5. The summed E-state index contributed by atoms with van der Waals surface area (Å²) in [5.74, 6) is -0.987. The number of hydrogen-bond donors (Lipinski definition) is 1. The van der Waals surface area contributed by atoms with Crippen LogP contribution in [0.2, 0.25) is 5.02 Å². The van der Waals surface area contributed by atoms with Crippen molar-refractivity contribution in [2.75, 3.05) is 0 Å². The minimum atomic E-state index is -0.987. The largest absolute Gasteiger partial charge is 0.478 e. The van der Waals surface area contributed by atoms with Crippen LogP contribution in [-0.2, 0) is 4.79 Å². The summed E-state index contributed by atoms with van der Waals surface area (Å²) in [6.45, 7) is 0. The molecule has 0 aliphatic heterocycles. The van der Waals surface area contributed by atoms with Crippen LogP contribution in [0.25, 0.3) is 0 Å². The minimum Gasteiger partial charge on any atom is -0.478 e. The first-order valence-corrected chi connectivity index (χ1v) is 4.62. The topological polar surface area (TPSA) is 50.2 Å². The van der Waals surface area contributed by atoms with Gasteiger partial charge in [0.15, 0.2) is 0 Å². The molecule has 0 aliphatic carbocycles. The molecule has 0 bridgehead atoms. The van der Waals surface area contributed by atoms with Crippen LogP contribution in [0.15, 0.2) is 34.8 Å². The third-order valence-corrected chi connectivity index (χ3v) is 2.35. The van der Waals surface area contributed by atoms with Crippen LogP contribution in [0.4, 0.5) is 0 Å². The van der Waals surface area contributed by atoms with E-state index in [1.807, 2.05) is 0 Å². The molecule has 0 amide bonds. The van der Waals surface area contributed by atoms with E-state index in [0.29, 0.717) is 10.0 Å². The van der Waals surface area contributed by atoms with Crippen molar-refractivity contribution >= 4 is 29.3 Å². The lowest BCUT2D eigenvalue weighted by Gasteiger charge is -1.95. The summed E-state index contributed by atoms with van der Waals surface area (Å²) in [6, 6.07) is 3.42. The first-order valence-electron chi connectivity index (χ1n) is 3.37. The molecule has 1 N–H and O–H groups in total. The van der Waals surface area contributed by atoms with E-state index >= 15 is 0 Å². The Bertz CT molecular complexity index is 341. The summed E-state index contributed by atoms with van der Waals surface area (Å²) in [6.07, 6.45) is 2.64. The first-order chi connectivity index (χ1) is 6.20. The standard InChI is InChI=1S/C8H6ClNO2S/c9-6-2-1-4-10-8(6)13-5-3-7(11)12/h1-5H,(H,11,12)/b5-3+. The molecule has 0 spiro atoms. The molecule has 0 unspecified atom stereocenters. The first kappa shape index (κ1) is 10.1. The van der Waals surface area contributed by atoms with Gasteiger partial charge in [-0.3, -0.25) is 0 Å². The minimum absolute atomic E-state index is 0.516. The van der Waals surface area contributed by atoms with Crippen LogP contribution >= 0.6 is 23.4 Å². The zero-order chi connectivity index (χ0) is 9.68. The lowest BCUT2D eigenvalue weighted by atomic mass is 10.5. The predicted octanol–water partition coefficient (Wildman–Crippen LogP) is 2.43. The van der Waals surface area contributed by atoms with Crippen molar-refractivity contribution in [3.8, 4) is 0 Å². The molecule has 0 fully saturated rings. The number of pyridine rings is 1. The molecule has 0 saturated heterocycles. The molecule has 1 heterocycles. The summed E-state index contributed by atoms with van der Waals surface area (Å²) in [5, 5.41) is 10.8. The highest BCUT2D eigenvalue weighted by Crippen LogP contribution is 2.24. The van der Waals surface area contributed by atoms with Crippen LogP contribution < -0.4 is 0 Å². The molecular weight excluding hydrogens is 210 g/mol. The predicted molar refractivity (Wildman–Crippen MR) is 51.9 cm³/mol. The third kappa shape index (κ3) is 3.48. The number of aromatic nitrogens is 1. The van der Waals surface area contributed by atoms with Crippen molar-refractivity contribution in [3.63, 3.8) is 0 Å². The van der Waals surface area contributed by atoms with Gasteiger partial charge in [-0.1, -0.05) is 23.4 Å². The second kappa shape index (κ2) is 4.89. The maximum atomic E-state index is 10.1. The van der Waals surface area contributed by atoms with E-state index in [0.717, 1.165) is 6.08 Å². The molecule has 13 heavy (non-hydrogen) atoms. The van der Waals surface area contributed by atoms with Gasteiger partial charge in [-0.05, 0) is 17.5 Å². The fourth-order valence-electron chi connectivity index (χ4n) is 0.615. The van der Waals surface area contributed by atoms with Gasteiger partial charge in [0.25, 0.3) is 0 Å². The van der Waals surface area contributed by atoms with Gasteiger partial charge in [0.05, 0.1) is 5.02 Å². The molecule has 0 aromatic carbocycles. The number of carboxylic acids is 1. The molecule has 0 saturated carbocycles. The summed E-state index contributed by atoms with van der Waals surface area (Å²) >= 11 is 6.95. The average molecular weight is 216 g/mol. The highest BCUT2D eigenvalue weighted by Gasteiger charge is 1.98. The summed E-state index contributed by atoms with van der Waals surface area (Å²) in [7, 11) is 0. The van der Waals surface area contributed by atoms with E-state index in [-0.39, 0.29) is 0 Å². The smallest absolute Gasteiger partial charge is 0.328 e. The summed E-state index contributed by atoms with van der Waals surface area (Å²) in [5.41, 5.74) is 0. The lowest BCUT2D eigenvalue weighted by Crippen LogP contribution is -1.84. The number of carbonyl (C=O) groups is 1. The van der Waals surface area contributed by atoms with Crippen molar-refractivity contribution in [1.82, 2.24) is 4.98 Å². The molecule has 0 radical (unpaired) electrons. The Morgan fingerprint density at radius 1 is 1.69 bits per heavy atom. The van der Waals surface area contributed by atoms with Crippen molar-refractivity contribution < 1.29 is 9.90 Å². The van der Waals surface area contributed by atoms with Crippen LogP contribution in [0.1, 0.15) is 0 Å². The number of hydrogen-bond acceptors (Lipinski definition) is 3. The van der Waals surface area contributed by atoms with Gasteiger partial charge in [0.1, 0.15) is 5.03 Å². The normalized spacial score (nSPS) is 10.5. The molecule has 1 aromatic heterocycles. The van der Waals surface area contributed by atoms with Gasteiger partial charge in [0.2, 0.25) is 0 Å². The number of rotatable bonds is 3. The fourth-order valence-corrected chi connectivity index (χ4v) is 1.49. The van der Waals surface area contributed by atoms with Crippen LogP contribution in [-0.4, -0.2) is 16.1 Å². The average Bonchev–Trinajstić information content (AvgIpc) is 2.08. The Morgan fingerprint density at radius 2 is 2.46 bits per heavy atom. The Labute approximate surface area is 84.4 Å². The molecule has 3 nitrogen and oxygen atoms in total. The van der Waals surface area contributed by atoms with Crippen LogP contribution in [0.3, 0.4) is 0 Å². The van der Waals surface area contributed by atoms with E-state index < -0.39 is 5.97 Å². The Kier molecular flexibility index (Phi) is 3.79. The highest BCUT2D eigenvalue weighted by molar-refractivity contribution is 8.02. The maximum absolute atomic E-state index is 10.1. The monoisotopic (exact) mass is 215 g/mol. The molecule has 0 atom stereocenters. The molecule has 68 valence electrons. The Hall–Kier alpha value is -1.00. The number of aliphatic carboxylic acids is 1. The van der Waals surface area contributed by atoms with Crippen LogP contribution in [0, 0.1) is 0 Å². The molecular formula is C8H6ClNO2S. The number of thioether (sulfide) groups is 1. The van der Waals surface area contributed by atoms with E-state index in [1.165, 1.54) is 17.2 Å². The van der Waals surface area contributed by atoms with Crippen molar-refractivity contribution in [2.24, 2.45) is 0 Å². The van der Waals surface area contributed by atoms with E-state index in [1.54, 1.807) is 18.3 Å². The van der Waals surface area contributed by atoms with Crippen molar-refractivity contribution in [3.05, 3.63) is 34.8 Å². The molecule has 0 aliphatic rings. The third-order valence-electron chi connectivity index (χ3n) is 1.12. The lowest BCUT2D eigenvalue weighted by molar-refractivity contribution is -0.131. The fraction of sp³-hybridized carbons (Fsp3) is 0. The SMILES string of the molecule is O=C(O)/C=C/Sc1ncccc1Cl. The van der Waals surface area contributed by atoms with Crippen molar-refractivity contribution in [1.29, 1.82) is 0 Å².